The van der Waals surface area contributed by atoms with Crippen molar-refractivity contribution in [3.05, 3.63) is 42.5 Å². The second-order valence-corrected chi connectivity index (χ2v) is 7.40. The second-order valence-electron chi connectivity index (χ2n) is 5.42. The van der Waals surface area contributed by atoms with Gasteiger partial charge in [-0.3, -0.25) is 0 Å². The van der Waals surface area contributed by atoms with Crippen molar-refractivity contribution in [3.63, 3.8) is 0 Å². The van der Waals surface area contributed by atoms with Crippen molar-refractivity contribution in [3.8, 4) is 0 Å². The highest BCUT2D eigenvalue weighted by molar-refractivity contribution is 7.88. The van der Waals surface area contributed by atoms with Crippen LogP contribution in [0.3, 0.4) is 0 Å². The molecule has 1 fully saturated rings. The van der Waals surface area contributed by atoms with Crippen LogP contribution in [0.4, 0.5) is 17.3 Å². The fourth-order valence-electron chi connectivity index (χ4n) is 2.48. The van der Waals surface area contributed by atoms with Crippen molar-refractivity contribution >= 4 is 27.3 Å². The molecule has 0 atom stereocenters. The van der Waals surface area contributed by atoms with Gasteiger partial charge in [0.2, 0.25) is 10.0 Å². The minimum Gasteiger partial charge on any atom is -0.352 e. The fraction of sp³-hybridized carbons (Fsp3) is 0.333. The first-order valence-electron chi connectivity index (χ1n) is 7.38. The molecule has 7 nitrogen and oxygen atoms in total. The summed E-state index contributed by atoms with van der Waals surface area (Å²) in [6.07, 6.45) is 1.24. The van der Waals surface area contributed by atoms with Crippen molar-refractivity contribution in [2.24, 2.45) is 0 Å². The molecule has 3 rings (SSSR count). The lowest BCUT2D eigenvalue weighted by atomic mass is 10.3. The van der Waals surface area contributed by atoms with Crippen LogP contribution in [0.2, 0.25) is 0 Å². The van der Waals surface area contributed by atoms with Gasteiger partial charge >= 0.3 is 0 Å². The lowest BCUT2D eigenvalue weighted by molar-refractivity contribution is 0.386. The highest BCUT2D eigenvalue weighted by Gasteiger charge is 2.24. The number of nitrogens with one attached hydrogen (secondary N) is 1. The molecule has 0 spiro atoms. The Hall–Kier alpha value is -2.19. The summed E-state index contributed by atoms with van der Waals surface area (Å²) < 4.78 is 24.5. The second kappa shape index (κ2) is 6.51. The van der Waals surface area contributed by atoms with E-state index >= 15 is 0 Å². The minimum absolute atomic E-state index is 0.477. The van der Waals surface area contributed by atoms with Gasteiger partial charge in [0.05, 0.1) is 6.26 Å². The maximum Gasteiger partial charge on any atom is 0.211 e. The smallest absolute Gasteiger partial charge is 0.211 e. The van der Waals surface area contributed by atoms with E-state index in [-0.39, 0.29) is 0 Å². The Balaban J connectivity index is 1.62. The van der Waals surface area contributed by atoms with E-state index in [9.17, 15) is 8.42 Å². The molecule has 2 aromatic rings. The minimum atomic E-state index is -3.11. The first-order valence-corrected chi connectivity index (χ1v) is 9.23. The molecule has 0 radical (unpaired) electrons. The van der Waals surface area contributed by atoms with Crippen LogP contribution in [0.15, 0.2) is 42.5 Å². The van der Waals surface area contributed by atoms with Crippen molar-refractivity contribution in [2.75, 3.05) is 42.7 Å². The number of hydrogen-bond donors (Lipinski definition) is 1. The van der Waals surface area contributed by atoms with Gasteiger partial charge in [0.15, 0.2) is 11.6 Å². The number of piperazine rings is 1. The molecule has 1 N–H and O–H groups in total. The van der Waals surface area contributed by atoms with E-state index in [4.69, 9.17) is 0 Å². The Morgan fingerprint density at radius 1 is 0.957 bits per heavy atom. The van der Waals surface area contributed by atoms with Gasteiger partial charge in [-0.15, -0.1) is 10.2 Å². The Labute approximate surface area is 136 Å². The number of nitrogens with zero attached hydrogens (tertiary/aromatic N) is 4. The molecular weight excluding hydrogens is 314 g/mol. The lowest BCUT2D eigenvalue weighted by Crippen LogP contribution is -2.48. The topological polar surface area (TPSA) is 78.4 Å². The summed E-state index contributed by atoms with van der Waals surface area (Å²) in [5.74, 6) is 1.44. The zero-order valence-corrected chi connectivity index (χ0v) is 13.7. The quantitative estimate of drug-likeness (QED) is 0.909. The monoisotopic (exact) mass is 333 g/mol. The van der Waals surface area contributed by atoms with Crippen LogP contribution in [0.25, 0.3) is 0 Å². The number of benzene rings is 1. The molecule has 0 bridgehead atoms. The Morgan fingerprint density at radius 3 is 2.22 bits per heavy atom. The van der Waals surface area contributed by atoms with Crippen LogP contribution in [-0.4, -0.2) is 55.4 Å². The van der Waals surface area contributed by atoms with Gasteiger partial charge in [0, 0.05) is 31.9 Å². The number of hydrogen-bond acceptors (Lipinski definition) is 6. The highest BCUT2D eigenvalue weighted by Crippen LogP contribution is 2.17. The normalized spacial score (nSPS) is 16.3. The van der Waals surface area contributed by atoms with E-state index in [1.54, 1.807) is 0 Å². The average molecular weight is 333 g/mol. The first kappa shape index (κ1) is 15.7. The van der Waals surface area contributed by atoms with Gasteiger partial charge in [-0.05, 0) is 24.3 Å². The molecule has 0 saturated carbocycles. The van der Waals surface area contributed by atoms with E-state index < -0.39 is 10.0 Å². The molecule has 1 aromatic carbocycles. The van der Waals surface area contributed by atoms with E-state index in [1.807, 2.05) is 47.4 Å². The summed E-state index contributed by atoms with van der Waals surface area (Å²) in [7, 11) is -3.11. The van der Waals surface area contributed by atoms with Crippen molar-refractivity contribution in [1.82, 2.24) is 14.5 Å². The van der Waals surface area contributed by atoms with Gasteiger partial charge in [-0.1, -0.05) is 18.2 Å². The van der Waals surface area contributed by atoms with Gasteiger partial charge in [-0.2, -0.15) is 4.31 Å². The van der Waals surface area contributed by atoms with Crippen LogP contribution in [0.1, 0.15) is 0 Å². The Bertz CT molecular complexity index is 741. The van der Waals surface area contributed by atoms with E-state index in [0.29, 0.717) is 32.0 Å². The summed E-state index contributed by atoms with van der Waals surface area (Å²) in [5.41, 5.74) is 0.955. The third-order valence-electron chi connectivity index (χ3n) is 3.73. The summed E-state index contributed by atoms with van der Waals surface area (Å²) >= 11 is 0. The van der Waals surface area contributed by atoms with E-state index in [2.05, 4.69) is 15.5 Å². The lowest BCUT2D eigenvalue weighted by Gasteiger charge is -2.33. The van der Waals surface area contributed by atoms with Crippen LogP contribution < -0.4 is 10.2 Å². The molecule has 2 heterocycles. The third kappa shape index (κ3) is 3.96. The fourth-order valence-corrected chi connectivity index (χ4v) is 3.31. The maximum atomic E-state index is 11.5. The summed E-state index contributed by atoms with van der Waals surface area (Å²) in [5, 5.41) is 11.6. The van der Waals surface area contributed by atoms with Crippen LogP contribution in [-0.2, 0) is 10.0 Å². The number of anilines is 3. The molecule has 0 aliphatic carbocycles. The third-order valence-corrected chi connectivity index (χ3v) is 5.03. The van der Waals surface area contributed by atoms with Crippen molar-refractivity contribution in [2.45, 2.75) is 0 Å². The molecule has 8 heteroatoms. The zero-order valence-electron chi connectivity index (χ0n) is 12.9. The maximum absolute atomic E-state index is 11.5. The number of para-hydroxylation sites is 1. The van der Waals surface area contributed by atoms with Gasteiger partial charge in [0.25, 0.3) is 0 Å². The van der Waals surface area contributed by atoms with Crippen LogP contribution in [0, 0.1) is 0 Å². The number of sulfonamides is 1. The van der Waals surface area contributed by atoms with Crippen LogP contribution in [0.5, 0.6) is 0 Å². The van der Waals surface area contributed by atoms with Gasteiger partial charge in [-0.25, -0.2) is 8.42 Å². The first-order chi connectivity index (χ1) is 11.0. The summed E-state index contributed by atoms with van der Waals surface area (Å²) in [6.45, 7) is 2.19. The largest absolute Gasteiger partial charge is 0.352 e. The molecule has 0 amide bonds. The molecule has 0 unspecified atom stereocenters. The van der Waals surface area contributed by atoms with Gasteiger partial charge < -0.3 is 10.2 Å². The summed E-state index contributed by atoms with van der Waals surface area (Å²) in [4.78, 5) is 2.04. The van der Waals surface area contributed by atoms with E-state index in [1.165, 1.54) is 10.6 Å². The average Bonchev–Trinajstić information content (AvgIpc) is 2.56. The molecule has 23 heavy (non-hydrogen) atoms. The molecule has 1 aliphatic rings. The Kier molecular flexibility index (Phi) is 4.44. The molecule has 1 aromatic heterocycles. The van der Waals surface area contributed by atoms with Crippen molar-refractivity contribution in [1.29, 1.82) is 0 Å². The Morgan fingerprint density at radius 2 is 1.65 bits per heavy atom. The van der Waals surface area contributed by atoms with Crippen LogP contribution >= 0.6 is 0 Å². The molecule has 1 aliphatic heterocycles. The highest BCUT2D eigenvalue weighted by atomic mass is 32.2. The summed E-state index contributed by atoms with van der Waals surface area (Å²) in [6, 6.07) is 13.5. The standard InChI is InChI=1S/C15H19N5O2S/c1-23(21,22)20-11-9-19(10-12-20)15-8-7-14(17-18-15)16-13-5-3-2-4-6-13/h2-8H,9-12H2,1H3,(H,16,17). The molecule has 122 valence electrons. The van der Waals surface area contributed by atoms with E-state index in [0.717, 1.165) is 11.5 Å². The van der Waals surface area contributed by atoms with Crippen molar-refractivity contribution < 1.29 is 8.42 Å². The molecule has 1 saturated heterocycles. The zero-order chi connectivity index (χ0) is 16.3. The predicted octanol–water partition coefficient (Wildman–Crippen LogP) is 1.30. The SMILES string of the molecule is CS(=O)(=O)N1CCN(c2ccc(Nc3ccccc3)nn2)CC1. The molecular formula is C15H19N5O2S. The van der Waals surface area contributed by atoms with Gasteiger partial charge in [0.1, 0.15) is 0 Å². The number of rotatable bonds is 4. The number of aromatic nitrogens is 2. The predicted molar refractivity (Wildman–Crippen MR) is 90.4 cm³/mol.